The van der Waals surface area contributed by atoms with Crippen molar-refractivity contribution in [2.24, 2.45) is 0 Å². The van der Waals surface area contributed by atoms with Crippen molar-refractivity contribution in [3.05, 3.63) is 35.9 Å². The van der Waals surface area contributed by atoms with Gasteiger partial charge in [-0.15, -0.1) is 0 Å². The van der Waals surface area contributed by atoms with Crippen LogP contribution < -0.4 is 5.32 Å². The first-order valence-electron chi connectivity index (χ1n) is 12.6. The van der Waals surface area contributed by atoms with Crippen LogP contribution in [0.5, 0.6) is 0 Å². The van der Waals surface area contributed by atoms with Gasteiger partial charge in [0.15, 0.2) is 0 Å². The lowest BCUT2D eigenvalue weighted by Crippen LogP contribution is -2.72. The van der Waals surface area contributed by atoms with E-state index >= 15 is 0 Å². The van der Waals surface area contributed by atoms with Crippen molar-refractivity contribution in [2.75, 3.05) is 33.0 Å². The van der Waals surface area contributed by atoms with Gasteiger partial charge in [-0.3, -0.25) is 4.79 Å². The van der Waals surface area contributed by atoms with Crippen LogP contribution in [0.2, 0.25) is 0 Å². The number of amides is 2. The molecule has 1 saturated carbocycles. The number of hydrogen-bond donors (Lipinski definition) is 1. The number of hydrogen-bond acceptors (Lipinski definition) is 5. The summed E-state index contributed by atoms with van der Waals surface area (Å²) in [5.74, 6) is 0.457. The fraction of sp³-hybridized carbons (Fsp3) is 0.692. The molecular formula is C26H38N2O5. The van der Waals surface area contributed by atoms with Crippen LogP contribution in [0.1, 0.15) is 69.8 Å². The van der Waals surface area contributed by atoms with E-state index in [1.165, 1.54) is 5.56 Å². The highest BCUT2D eigenvalue weighted by atomic mass is 16.6. The summed E-state index contributed by atoms with van der Waals surface area (Å²) in [6.07, 6.45) is 7.45. The highest BCUT2D eigenvalue weighted by Gasteiger charge is 2.50. The Morgan fingerprint density at radius 3 is 2.73 bits per heavy atom. The number of likely N-dealkylation sites (tertiary alicyclic amines) is 1. The maximum absolute atomic E-state index is 12.9. The summed E-state index contributed by atoms with van der Waals surface area (Å²) in [5, 5.41) is 3.16. The van der Waals surface area contributed by atoms with Crippen LogP contribution in [0.3, 0.4) is 0 Å². The summed E-state index contributed by atoms with van der Waals surface area (Å²) in [5.41, 5.74) is 0.795. The molecule has 1 aliphatic carbocycles. The first-order valence-corrected chi connectivity index (χ1v) is 12.6. The fourth-order valence-electron chi connectivity index (χ4n) is 5.55. The molecule has 33 heavy (non-hydrogen) atoms. The first-order chi connectivity index (χ1) is 16.1. The molecule has 7 heteroatoms. The topological polar surface area (TPSA) is 77.1 Å². The smallest absolute Gasteiger partial charge is 0.410 e. The Kier molecular flexibility index (Phi) is 8.25. The molecule has 7 nitrogen and oxygen atoms in total. The SMILES string of the molecule is CCCCOC(=O)N1CCCC2(COCC(=O)N2)C1CO[C@H]1CC[C@@H](c2ccccc2)CC1. The van der Waals surface area contributed by atoms with E-state index in [-0.39, 0.29) is 30.8 Å². The number of rotatable bonds is 7. The Hall–Kier alpha value is -2.12. The van der Waals surface area contributed by atoms with E-state index in [4.69, 9.17) is 14.2 Å². The van der Waals surface area contributed by atoms with Crippen molar-refractivity contribution in [3.8, 4) is 0 Å². The third-order valence-electron chi connectivity index (χ3n) is 7.41. The highest BCUT2D eigenvalue weighted by Crippen LogP contribution is 2.36. The third kappa shape index (κ3) is 5.87. The molecule has 2 saturated heterocycles. The summed E-state index contributed by atoms with van der Waals surface area (Å²) in [4.78, 5) is 26.9. The minimum atomic E-state index is -0.612. The summed E-state index contributed by atoms with van der Waals surface area (Å²) in [7, 11) is 0. The van der Waals surface area contributed by atoms with E-state index in [2.05, 4.69) is 42.6 Å². The van der Waals surface area contributed by atoms with Crippen molar-refractivity contribution in [1.29, 1.82) is 0 Å². The summed E-state index contributed by atoms with van der Waals surface area (Å²) in [6.45, 7) is 3.94. The van der Waals surface area contributed by atoms with Gasteiger partial charge >= 0.3 is 6.09 Å². The first kappa shape index (κ1) is 24.0. The van der Waals surface area contributed by atoms with E-state index in [1.807, 2.05) is 0 Å². The van der Waals surface area contributed by atoms with Gasteiger partial charge in [0.05, 0.1) is 37.5 Å². The number of carbonyl (C=O) groups excluding carboxylic acids is 2. The molecule has 4 rings (SSSR count). The van der Waals surface area contributed by atoms with Crippen LogP contribution in [-0.2, 0) is 19.0 Å². The van der Waals surface area contributed by atoms with Crippen molar-refractivity contribution < 1.29 is 23.8 Å². The van der Waals surface area contributed by atoms with E-state index in [1.54, 1.807) is 4.90 Å². The Bertz CT molecular complexity index is 776. The maximum Gasteiger partial charge on any atom is 0.410 e. The van der Waals surface area contributed by atoms with Crippen LogP contribution >= 0.6 is 0 Å². The van der Waals surface area contributed by atoms with Gasteiger partial charge in [-0.2, -0.15) is 0 Å². The molecule has 0 radical (unpaired) electrons. The number of morpholine rings is 1. The Morgan fingerprint density at radius 1 is 1.21 bits per heavy atom. The zero-order valence-corrected chi connectivity index (χ0v) is 19.8. The lowest BCUT2D eigenvalue weighted by molar-refractivity contribution is -0.144. The predicted octanol–water partition coefficient (Wildman–Crippen LogP) is 4.02. The van der Waals surface area contributed by atoms with E-state index in [0.29, 0.717) is 32.3 Å². The lowest BCUT2D eigenvalue weighted by atomic mass is 9.80. The second-order valence-electron chi connectivity index (χ2n) is 9.70. The molecule has 1 aromatic rings. The summed E-state index contributed by atoms with van der Waals surface area (Å²) < 4.78 is 17.6. The van der Waals surface area contributed by atoms with Crippen molar-refractivity contribution in [2.45, 2.75) is 81.9 Å². The molecule has 2 unspecified atom stereocenters. The number of benzene rings is 1. The van der Waals surface area contributed by atoms with E-state index in [0.717, 1.165) is 51.4 Å². The van der Waals surface area contributed by atoms with Gasteiger partial charge in [0.1, 0.15) is 6.61 Å². The average Bonchev–Trinajstić information content (AvgIpc) is 2.84. The lowest BCUT2D eigenvalue weighted by Gasteiger charge is -2.51. The molecule has 2 atom stereocenters. The second kappa shape index (κ2) is 11.3. The van der Waals surface area contributed by atoms with Crippen molar-refractivity contribution in [3.63, 3.8) is 0 Å². The van der Waals surface area contributed by atoms with Crippen LogP contribution in [0.25, 0.3) is 0 Å². The molecule has 1 N–H and O–H groups in total. The van der Waals surface area contributed by atoms with E-state index < -0.39 is 5.54 Å². The molecule has 2 aliphatic heterocycles. The largest absolute Gasteiger partial charge is 0.449 e. The molecule has 182 valence electrons. The minimum absolute atomic E-state index is 0.0692. The predicted molar refractivity (Wildman–Crippen MR) is 125 cm³/mol. The zero-order chi connectivity index (χ0) is 23.1. The zero-order valence-electron chi connectivity index (χ0n) is 19.8. The Balaban J connectivity index is 1.39. The van der Waals surface area contributed by atoms with E-state index in [9.17, 15) is 9.59 Å². The number of carbonyl (C=O) groups is 2. The monoisotopic (exact) mass is 458 g/mol. The maximum atomic E-state index is 12.9. The molecule has 2 heterocycles. The van der Waals surface area contributed by atoms with Gasteiger partial charge in [0.25, 0.3) is 0 Å². The molecule has 3 fully saturated rings. The molecule has 0 bridgehead atoms. The molecule has 1 spiro atoms. The van der Waals surface area contributed by atoms with Gasteiger partial charge < -0.3 is 24.4 Å². The molecular weight excluding hydrogens is 420 g/mol. The van der Waals surface area contributed by atoms with Crippen LogP contribution in [0, 0.1) is 0 Å². The number of nitrogens with one attached hydrogen (secondary N) is 1. The minimum Gasteiger partial charge on any atom is -0.449 e. The molecule has 2 amide bonds. The highest BCUT2D eigenvalue weighted by molar-refractivity contribution is 5.79. The number of ether oxygens (including phenoxy) is 3. The van der Waals surface area contributed by atoms with Crippen LogP contribution in [0.4, 0.5) is 4.79 Å². The Labute approximate surface area is 197 Å². The van der Waals surface area contributed by atoms with Gasteiger partial charge in [-0.05, 0) is 56.4 Å². The molecule has 1 aromatic carbocycles. The van der Waals surface area contributed by atoms with Gasteiger partial charge in [0.2, 0.25) is 5.91 Å². The number of nitrogens with zero attached hydrogens (tertiary/aromatic N) is 1. The van der Waals surface area contributed by atoms with Crippen molar-refractivity contribution in [1.82, 2.24) is 10.2 Å². The summed E-state index contributed by atoms with van der Waals surface area (Å²) >= 11 is 0. The summed E-state index contributed by atoms with van der Waals surface area (Å²) in [6, 6.07) is 10.4. The average molecular weight is 459 g/mol. The second-order valence-corrected chi connectivity index (χ2v) is 9.70. The molecule has 3 aliphatic rings. The standard InChI is InChI=1S/C26H38N2O5/c1-2-3-16-32-25(30)28-15-7-14-26(19-31-18-24(29)27-26)23(28)17-33-22-12-10-21(11-13-22)20-8-5-4-6-9-20/h4-6,8-9,21-23H,2-3,7,10-19H2,1H3,(H,27,29)/t21-,22+,23?,26?. The van der Waals surface area contributed by atoms with Crippen molar-refractivity contribution >= 4 is 12.0 Å². The number of unbranched alkanes of at least 4 members (excludes halogenated alkanes) is 1. The Morgan fingerprint density at radius 2 is 2.00 bits per heavy atom. The third-order valence-corrected chi connectivity index (χ3v) is 7.41. The van der Waals surface area contributed by atoms with Crippen LogP contribution in [-0.4, -0.2) is 67.6 Å². The normalized spacial score (nSPS) is 30.2. The van der Waals surface area contributed by atoms with Gasteiger partial charge in [0, 0.05) is 6.54 Å². The van der Waals surface area contributed by atoms with Crippen LogP contribution in [0.15, 0.2) is 30.3 Å². The van der Waals surface area contributed by atoms with Gasteiger partial charge in [-0.25, -0.2) is 4.79 Å². The van der Waals surface area contributed by atoms with Gasteiger partial charge in [-0.1, -0.05) is 43.7 Å². The number of piperidine rings is 1. The molecule has 0 aromatic heterocycles. The fourth-order valence-corrected chi connectivity index (χ4v) is 5.55. The quantitative estimate of drug-likeness (QED) is 0.625.